The molecular formula is C20H23N3O. The summed E-state index contributed by atoms with van der Waals surface area (Å²) in [6.45, 7) is 5.96. The van der Waals surface area contributed by atoms with Crippen molar-refractivity contribution < 1.29 is 4.42 Å². The van der Waals surface area contributed by atoms with Crippen molar-refractivity contribution in [1.29, 1.82) is 0 Å². The van der Waals surface area contributed by atoms with Gasteiger partial charge in [-0.25, -0.2) is 0 Å². The first-order valence-corrected chi connectivity index (χ1v) is 8.54. The van der Waals surface area contributed by atoms with Crippen LogP contribution in [0.3, 0.4) is 0 Å². The molecule has 4 rings (SSSR count). The van der Waals surface area contributed by atoms with Crippen molar-refractivity contribution in [3.8, 4) is 11.5 Å². The van der Waals surface area contributed by atoms with E-state index in [1.165, 1.54) is 24.0 Å². The largest absolute Gasteiger partial charge is 0.460 e. The molecule has 1 fully saturated rings. The van der Waals surface area contributed by atoms with Gasteiger partial charge >= 0.3 is 0 Å². The molecule has 0 spiro atoms. The summed E-state index contributed by atoms with van der Waals surface area (Å²) in [5, 5.41) is 10.9. The van der Waals surface area contributed by atoms with E-state index in [-0.39, 0.29) is 0 Å². The second-order valence-electron chi connectivity index (χ2n) is 6.88. The highest BCUT2D eigenvalue weighted by molar-refractivity contribution is 5.56. The summed E-state index contributed by atoms with van der Waals surface area (Å²) in [4.78, 5) is 0. The van der Waals surface area contributed by atoms with Crippen molar-refractivity contribution in [2.24, 2.45) is 0 Å². The molecule has 0 amide bonds. The monoisotopic (exact) mass is 321 g/mol. The quantitative estimate of drug-likeness (QED) is 0.718. The maximum atomic E-state index is 5.71. The van der Waals surface area contributed by atoms with Gasteiger partial charge in [0.1, 0.15) is 11.5 Å². The topological polar surface area (TPSA) is 53.9 Å². The first kappa shape index (κ1) is 15.2. The van der Waals surface area contributed by atoms with Gasteiger partial charge in [-0.2, -0.15) is 5.10 Å². The number of hydrogen-bond donors (Lipinski definition) is 2. The van der Waals surface area contributed by atoms with Gasteiger partial charge < -0.3 is 9.73 Å². The van der Waals surface area contributed by atoms with Gasteiger partial charge in [0, 0.05) is 24.1 Å². The molecule has 0 bridgehead atoms. The lowest BCUT2D eigenvalue weighted by Crippen LogP contribution is -2.27. The number of furan rings is 1. The van der Waals surface area contributed by atoms with E-state index in [4.69, 9.17) is 4.42 Å². The normalized spacial score (nSPS) is 15.6. The number of H-pyrrole nitrogens is 1. The highest BCUT2D eigenvalue weighted by atomic mass is 16.3. The molecule has 124 valence electrons. The number of aromatic nitrogens is 2. The van der Waals surface area contributed by atoms with Crippen LogP contribution in [0.4, 0.5) is 0 Å². The van der Waals surface area contributed by atoms with Crippen molar-refractivity contribution in [2.75, 3.05) is 6.54 Å². The zero-order chi connectivity index (χ0) is 16.6. The lowest BCUT2D eigenvalue weighted by molar-refractivity contribution is 0.543. The van der Waals surface area contributed by atoms with Crippen LogP contribution in [0.25, 0.3) is 11.5 Å². The fraction of sp³-hybridized carbons (Fsp3) is 0.350. The average molecular weight is 321 g/mol. The summed E-state index contributed by atoms with van der Waals surface area (Å²) in [5.41, 5.74) is 5.32. The van der Waals surface area contributed by atoms with E-state index in [0.29, 0.717) is 5.41 Å². The molecule has 1 saturated carbocycles. The Morgan fingerprint density at radius 3 is 2.71 bits per heavy atom. The first-order valence-electron chi connectivity index (χ1n) is 8.54. The zero-order valence-corrected chi connectivity index (χ0v) is 14.2. The molecule has 0 unspecified atom stereocenters. The van der Waals surface area contributed by atoms with Crippen LogP contribution in [0.15, 0.2) is 47.0 Å². The second-order valence-corrected chi connectivity index (χ2v) is 6.88. The molecule has 0 saturated heterocycles. The number of nitrogens with one attached hydrogen (secondary N) is 2. The summed E-state index contributed by atoms with van der Waals surface area (Å²) >= 11 is 0. The first-order chi connectivity index (χ1) is 11.7. The van der Waals surface area contributed by atoms with Crippen LogP contribution in [-0.2, 0) is 12.0 Å². The third kappa shape index (κ3) is 2.78. The van der Waals surface area contributed by atoms with Crippen LogP contribution in [0.2, 0.25) is 0 Å². The van der Waals surface area contributed by atoms with Crippen molar-refractivity contribution >= 4 is 0 Å². The van der Waals surface area contributed by atoms with E-state index < -0.39 is 0 Å². The lowest BCUT2D eigenvalue weighted by Gasteiger charge is -2.19. The summed E-state index contributed by atoms with van der Waals surface area (Å²) in [7, 11) is 0. The average Bonchev–Trinajstić information content (AvgIpc) is 3.00. The molecule has 4 nitrogen and oxygen atoms in total. The molecule has 3 aromatic rings. The third-order valence-electron chi connectivity index (χ3n) is 5.05. The molecule has 1 aliphatic rings. The van der Waals surface area contributed by atoms with Crippen molar-refractivity contribution in [3.05, 3.63) is 65.0 Å². The minimum absolute atomic E-state index is 0.316. The van der Waals surface area contributed by atoms with Gasteiger partial charge in [0.15, 0.2) is 5.76 Å². The Labute approximate surface area is 142 Å². The number of rotatable bonds is 6. The van der Waals surface area contributed by atoms with Crippen LogP contribution in [0.1, 0.15) is 35.3 Å². The van der Waals surface area contributed by atoms with Gasteiger partial charge in [0.05, 0.1) is 6.20 Å². The van der Waals surface area contributed by atoms with Crippen LogP contribution in [-0.4, -0.2) is 16.7 Å². The molecule has 24 heavy (non-hydrogen) atoms. The maximum Gasteiger partial charge on any atom is 0.152 e. The Morgan fingerprint density at radius 2 is 2.00 bits per heavy atom. The number of nitrogens with zero attached hydrogens (tertiary/aromatic N) is 1. The molecule has 0 atom stereocenters. The summed E-state index contributed by atoms with van der Waals surface area (Å²) in [6, 6.07) is 12.7. The maximum absolute atomic E-state index is 5.71. The predicted octanol–water partition coefficient (Wildman–Crippen LogP) is 4.11. The van der Waals surface area contributed by atoms with E-state index in [0.717, 1.165) is 35.9 Å². The van der Waals surface area contributed by atoms with Gasteiger partial charge in [-0.3, -0.25) is 5.10 Å². The number of hydrogen-bond acceptors (Lipinski definition) is 3. The number of aryl methyl sites for hydroxylation is 2. The SMILES string of the molecule is Cc1ccc(-c2[nH]ncc2CNCC2(c3ccccc3C)CC2)o1. The molecule has 2 aromatic heterocycles. The minimum atomic E-state index is 0.316. The van der Waals surface area contributed by atoms with Gasteiger partial charge in [-0.1, -0.05) is 24.3 Å². The Hall–Kier alpha value is -2.33. The molecule has 2 N–H and O–H groups in total. The highest BCUT2D eigenvalue weighted by Gasteiger charge is 2.44. The smallest absolute Gasteiger partial charge is 0.152 e. The molecule has 1 aliphatic carbocycles. The van der Waals surface area contributed by atoms with Crippen LogP contribution < -0.4 is 5.32 Å². The number of aromatic amines is 1. The van der Waals surface area contributed by atoms with Crippen LogP contribution in [0.5, 0.6) is 0 Å². The van der Waals surface area contributed by atoms with E-state index in [1.807, 2.05) is 25.3 Å². The number of benzene rings is 1. The molecule has 0 aliphatic heterocycles. The van der Waals surface area contributed by atoms with E-state index >= 15 is 0 Å². The van der Waals surface area contributed by atoms with Crippen LogP contribution in [0, 0.1) is 13.8 Å². The second kappa shape index (κ2) is 5.95. The predicted molar refractivity (Wildman–Crippen MR) is 94.8 cm³/mol. The molecule has 1 aromatic carbocycles. The van der Waals surface area contributed by atoms with Gasteiger partial charge in [0.2, 0.25) is 0 Å². The Kier molecular flexibility index (Phi) is 3.77. The fourth-order valence-corrected chi connectivity index (χ4v) is 3.52. The van der Waals surface area contributed by atoms with Crippen molar-refractivity contribution in [1.82, 2.24) is 15.5 Å². The van der Waals surface area contributed by atoms with Crippen LogP contribution >= 0.6 is 0 Å². The standard InChI is InChI=1S/C20H23N3O/c1-14-5-3-4-6-17(14)20(9-10-20)13-21-11-16-12-22-23-19(16)18-8-7-15(2)24-18/h3-8,12,21H,9-11,13H2,1-2H3,(H,22,23). The summed E-state index contributed by atoms with van der Waals surface area (Å²) in [6.07, 6.45) is 4.41. The van der Waals surface area contributed by atoms with E-state index in [9.17, 15) is 0 Å². The molecule has 0 radical (unpaired) electrons. The van der Waals surface area contributed by atoms with Gasteiger partial charge in [-0.15, -0.1) is 0 Å². The molecular weight excluding hydrogens is 298 g/mol. The third-order valence-corrected chi connectivity index (χ3v) is 5.05. The highest BCUT2D eigenvalue weighted by Crippen LogP contribution is 2.48. The van der Waals surface area contributed by atoms with Gasteiger partial charge in [-0.05, 0) is 49.9 Å². The lowest BCUT2D eigenvalue weighted by atomic mass is 9.92. The van der Waals surface area contributed by atoms with Gasteiger partial charge in [0.25, 0.3) is 0 Å². The zero-order valence-electron chi connectivity index (χ0n) is 14.2. The summed E-state index contributed by atoms with van der Waals surface area (Å²) < 4.78 is 5.71. The Morgan fingerprint density at radius 1 is 1.17 bits per heavy atom. The van der Waals surface area contributed by atoms with E-state index in [2.05, 4.69) is 46.7 Å². The fourth-order valence-electron chi connectivity index (χ4n) is 3.52. The van der Waals surface area contributed by atoms with Crippen molar-refractivity contribution in [3.63, 3.8) is 0 Å². The molecule has 4 heteroatoms. The Balaban J connectivity index is 1.44. The van der Waals surface area contributed by atoms with E-state index in [1.54, 1.807) is 0 Å². The Bertz CT molecular complexity index is 842. The summed E-state index contributed by atoms with van der Waals surface area (Å²) in [5.74, 6) is 1.76. The molecule has 2 heterocycles. The minimum Gasteiger partial charge on any atom is -0.460 e. The van der Waals surface area contributed by atoms with Crippen molar-refractivity contribution in [2.45, 2.75) is 38.6 Å².